The summed E-state index contributed by atoms with van der Waals surface area (Å²) in [6, 6.07) is 2.16. The van der Waals surface area contributed by atoms with Crippen LogP contribution in [0.1, 0.15) is 83.7 Å². The number of alkyl halides is 2. The van der Waals surface area contributed by atoms with E-state index in [4.69, 9.17) is 4.98 Å². The number of carbonyl (C=O) groups excluding carboxylic acids is 3. The van der Waals surface area contributed by atoms with E-state index in [9.17, 15) is 14.4 Å². The Hall–Kier alpha value is -3.83. The molecule has 0 radical (unpaired) electrons. The van der Waals surface area contributed by atoms with Crippen molar-refractivity contribution in [1.29, 1.82) is 0 Å². The van der Waals surface area contributed by atoms with Crippen molar-refractivity contribution in [3.05, 3.63) is 42.2 Å². The van der Waals surface area contributed by atoms with E-state index in [2.05, 4.69) is 25.8 Å². The predicted molar refractivity (Wildman–Crippen MR) is 157 cm³/mol. The van der Waals surface area contributed by atoms with Crippen LogP contribution in [0.25, 0.3) is 16.9 Å². The second-order valence-electron chi connectivity index (χ2n) is 11.8. The molecule has 0 aromatic carbocycles. The lowest BCUT2D eigenvalue weighted by Gasteiger charge is -2.28. The number of nitrogens with zero attached hydrogens (tertiary/aromatic N) is 5. The first-order chi connectivity index (χ1) is 20.6. The van der Waals surface area contributed by atoms with Gasteiger partial charge in [-0.1, -0.05) is 59.3 Å². The summed E-state index contributed by atoms with van der Waals surface area (Å²) in [6.45, 7) is 5.87. The highest BCUT2D eigenvalue weighted by Gasteiger charge is 2.50. The molecule has 1 aliphatic rings. The molecule has 3 aromatic rings. The average Bonchev–Trinajstić information content (AvgIpc) is 3.39. The van der Waals surface area contributed by atoms with Crippen molar-refractivity contribution in [2.45, 2.75) is 96.9 Å². The van der Waals surface area contributed by atoms with Crippen LogP contribution in [-0.4, -0.2) is 60.7 Å². The molecule has 1 atom stereocenters. The van der Waals surface area contributed by atoms with Crippen molar-refractivity contribution in [3.63, 3.8) is 0 Å². The van der Waals surface area contributed by atoms with Gasteiger partial charge in [0.05, 0.1) is 23.9 Å². The Morgan fingerprint density at radius 3 is 2.58 bits per heavy atom. The van der Waals surface area contributed by atoms with Crippen molar-refractivity contribution in [2.24, 2.45) is 11.8 Å². The minimum Gasteiger partial charge on any atom is -0.350 e. The zero-order valence-electron chi connectivity index (χ0n) is 25.1. The van der Waals surface area contributed by atoms with E-state index in [0.29, 0.717) is 29.9 Å². The number of aryl methyl sites for hydroxylation is 1. The van der Waals surface area contributed by atoms with E-state index in [-0.39, 0.29) is 37.0 Å². The van der Waals surface area contributed by atoms with E-state index in [1.165, 1.54) is 0 Å². The molecule has 1 aliphatic carbocycles. The van der Waals surface area contributed by atoms with Gasteiger partial charge < -0.3 is 10.6 Å². The third kappa shape index (κ3) is 8.17. The van der Waals surface area contributed by atoms with Crippen molar-refractivity contribution in [1.82, 2.24) is 35.2 Å². The van der Waals surface area contributed by atoms with Crippen molar-refractivity contribution in [2.75, 3.05) is 6.54 Å². The molecule has 0 aliphatic heterocycles. The highest BCUT2D eigenvalue weighted by Crippen LogP contribution is 2.30. The Balaban J connectivity index is 1.56. The Morgan fingerprint density at radius 1 is 1.14 bits per heavy atom. The molecule has 0 unspecified atom stereocenters. The number of rotatable bonds is 14. The molecule has 4 rings (SSSR count). The van der Waals surface area contributed by atoms with Crippen molar-refractivity contribution >= 4 is 23.2 Å². The summed E-state index contributed by atoms with van der Waals surface area (Å²) in [5.74, 6) is -7.68. The topological polar surface area (TPSA) is 131 Å². The maximum atomic E-state index is 15.1. The molecule has 0 saturated heterocycles. The number of halogens is 2. The van der Waals surface area contributed by atoms with Gasteiger partial charge >= 0.3 is 5.92 Å². The Kier molecular flexibility index (Phi) is 10.9. The Labute approximate surface area is 250 Å². The number of fused-ring (bicyclic) bond motifs is 1. The number of pyridine rings is 1. The van der Waals surface area contributed by atoms with E-state index in [0.717, 1.165) is 44.1 Å². The number of aromatic nitrogens is 5. The van der Waals surface area contributed by atoms with Gasteiger partial charge in [-0.05, 0) is 43.2 Å². The Bertz CT molecular complexity index is 1410. The smallest absolute Gasteiger partial charge is 0.350 e. The second kappa shape index (κ2) is 14.6. The van der Waals surface area contributed by atoms with Gasteiger partial charge in [-0.2, -0.15) is 8.78 Å². The zero-order chi connectivity index (χ0) is 31.0. The molecule has 2 amide bonds. The lowest BCUT2D eigenvalue weighted by Crippen LogP contribution is -2.55. The van der Waals surface area contributed by atoms with Crippen LogP contribution in [0.4, 0.5) is 8.78 Å². The van der Waals surface area contributed by atoms with Crippen LogP contribution in [0, 0.1) is 11.8 Å². The summed E-state index contributed by atoms with van der Waals surface area (Å²) < 4.78 is 32.0. The fourth-order valence-corrected chi connectivity index (χ4v) is 5.47. The van der Waals surface area contributed by atoms with Gasteiger partial charge in [0.15, 0.2) is 5.65 Å². The maximum Gasteiger partial charge on any atom is 0.383 e. The number of carbonyl (C=O) groups is 3. The Morgan fingerprint density at radius 2 is 1.91 bits per heavy atom. The quantitative estimate of drug-likeness (QED) is 0.262. The van der Waals surface area contributed by atoms with Crippen LogP contribution in [0.15, 0.2) is 30.7 Å². The van der Waals surface area contributed by atoms with Gasteiger partial charge in [0.25, 0.3) is 5.91 Å². The van der Waals surface area contributed by atoms with Crippen LogP contribution in [0.5, 0.6) is 0 Å². The average molecular weight is 598 g/mol. The minimum atomic E-state index is -4.27. The van der Waals surface area contributed by atoms with Gasteiger partial charge in [-0.25, -0.2) is 4.98 Å². The first-order valence-corrected chi connectivity index (χ1v) is 15.2. The molecule has 0 bridgehead atoms. The molecular weight excluding hydrogens is 556 g/mol. The fourth-order valence-electron chi connectivity index (χ4n) is 5.47. The number of hydrogen-bond donors (Lipinski definition) is 2. The van der Waals surface area contributed by atoms with Gasteiger partial charge in [-0.3, -0.25) is 23.8 Å². The van der Waals surface area contributed by atoms with E-state index in [1.807, 2.05) is 26.8 Å². The summed E-state index contributed by atoms with van der Waals surface area (Å²) >= 11 is 0. The molecular formula is C31H41F2N7O3. The summed E-state index contributed by atoms with van der Waals surface area (Å²) in [4.78, 5) is 47.8. The molecule has 0 spiro atoms. The number of hydrogen-bond acceptors (Lipinski definition) is 7. The largest absolute Gasteiger partial charge is 0.383 e. The van der Waals surface area contributed by atoms with Crippen LogP contribution < -0.4 is 10.6 Å². The first-order valence-electron chi connectivity index (χ1n) is 15.2. The third-order valence-electron chi connectivity index (χ3n) is 7.84. The molecule has 1 fully saturated rings. The maximum absolute atomic E-state index is 15.1. The molecule has 3 aromatic heterocycles. The summed E-state index contributed by atoms with van der Waals surface area (Å²) in [7, 11) is 0. The zero-order valence-corrected chi connectivity index (χ0v) is 25.1. The van der Waals surface area contributed by atoms with Crippen molar-refractivity contribution in [3.8, 4) is 11.3 Å². The van der Waals surface area contributed by atoms with Gasteiger partial charge in [-0.15, -0.1) is 10.2 Å². The summed E-state index contributed by atoms with van der Waals surface area (Å²) in [5.41, 5.74) is 2.60. The van der Waals surface area contributed by atoms with Gasteiger partial charge in [0, 0.05) is 30.7 Å². The highest BCUT2D eigenvalue weighted by molar-refractivity contribution is 6.10. The normalized spacial score (nSPS) is 15.0. The second-order valence-corrected chi connectivity index (χ2v) is 11.8. The first kappa shape index (κ1) is 32.1. The van der Waals surface area contributed by atoms with Crippen molar-refractivity contribution < 1.29 is 23.2 Å². The molecule has 1 saturated carbocycles. The number of amides is 2. The van der Waals surface area contributed by atoms with E-state index in [1.54, 1.807) is 29.1 Å². The highest BCUT2D eigenvalue weighted by atomic mass is 19.3. The molecule has 12 heteroatoms. The number of Topliss-reactive ketones (excluding diaryl/α,β-unsaturated/α-hetero) is 1. The molecule has 10 nitrogen and oxygen atoms in total. The predicted octanol–water partition coefficient (Wildman–Crippen LogP) is 4.50. The third-order valence-corrected chi connectivity index (χ3v) is 7.84. The molecule has 3 heterocycles. The number of ketones is 1. The van der Waals surface area contributed by atoms with Crippen LogP contribution in [0.2, 0.25) is 0 Å². The lowest BCUT2D eigenvalue weighted by atomic mass is 9.83. The van der Waals surface area contributed by atoms with Gasteiger partial charge in [0.2, 0.25) is 11.7 Å². The summed E-state index contributed by atoms with van der Waals surface area (Å²) in [6.07, 6.45) is 11.2. The molecule has 43 heavy (non-hydrogen) atoms. The molecule has 2 N–H and O–H groups in total. The fraction of sp³-hybridized carbons (Fsp3) is 0.581. The minimum absolute atomic E-state index is 0.00133. The monoisotopic (exact) mass is 597 g/mol. The lowest BCUT2D eigenvalue weighted by molar-refractivity contribution is -0.160. The van der Waals surface area contributed by atoms with Crippen LogP contribution in [0.3, 0.4) is 0 Å². The van der Waals surface area contributed by atoms with E-state index >= 15 is 8.78 Å². The standard InChI is InChI=1S/C31H41F2N7O3/c1-4-9-23-29-39-38-26(40(29)19-25(36-23)22-12-8-14-34-18-22)17-27(41)37-24(16-21-10-6-5-7-11-21)28(42)31(32,33)30(43)35-15-13-20(2)3/h8,12,14,18-21,24H,4-7,9-11,13,15-17H2,1-3H3,(H,35,43)(H,37,41)/t24-/m0/s1. The van der Waals surface area contributed by atoms with Gasteiger partial charge in [0.1, 0.15) is 5.82 Å². The van der Waals surface area contributed by atoms with E-state index < -0.39 is 29.6 Å². The van der Waals surface area contributed by atoms with Crippen LogP contribution >= 0.6 is 0 Å². The number of nitrogens with one attached hydrogen (secondary N) is 2. The molecule has 232 valence electrons. The summed E-state index contributed by atoms with van der Waals surface area (Å²) in [5, 5.41) is 13.2. The van der Waals surface area contributed by atoms with Crippen LogP contribution in [-0.2, 0) is 27.2 Å². The SMILES string of the molecule is CCCc1nc(-c2cccnc2)cn2c(CC(=O)N[C@@H](CC3CCCCC3)C(=O)C(F)(F)C(=O)NCCC(C)C)nnc12.